The largest absolute Gasteiger partial charge is 0.417 e. The molecule has 0 fully saturated rings. The van der Waals surface area contributed by atoms with Gasteiger partial charge in [-0.2, -0.15) is 18.3 Å². The van der Waals surface area contributed by atoms with Crippen LogP contribution in [0.5, 0.6) is 0 Å². The predicted octanol–water partition coefficient (Wildman–Crippen LogP) is 2.29. The molecule has 0 aliphatic rings. The summed E-state index contributed by atoms with van der Waals surface area (Å²) in [4.78, 5) is 0. The number of hydrogen-bond donors (Lipinski definition) is 2. The number of aryl methyl sites for hydroxylation is 1. The van der Waals surface area contributed by atoms with E-state index in [0.717, 1.165) is 17.7 Å². The van der Waals surface area contributed by atoms with Crippen molar-refractivity contribution < 1.29 is 18.4 Å². The number of aromatic nitrogens is 2. The summed E-state index contributed by atoms with van der Waals surface area (Å²) in [7, 11) is 0. The van der Waals surface area contributed by atoms with Crippen molar-refractivity contribution in [1.29, 1.82) is 0 Å². The molecule has 1 aromatic carbocycles. The zero-order valence-electron chi connectivity index (χ0n) is 10.4. The molecule has 1 aromatic heterocycles. The third-order valence-corrected chi connectivity index (χ3v) is 2.67. The SMILES string of the molecule is Cc1cnn(-c2ccc(/C(N)=N/O)c(C(F)(F)F)c2)c1. The highest BCUT2D eigenvalue weighted by Crippen LogP contribution is 2.33. The number of hydrogen-bond acceptors (Lipinski definition) is 3. The molecule has 5 nitrogen and oxygen atoms in total. The topological polar surface area (TPSA) is 76.4 Å². The average Bonchev–Trinajstić information content (AvgIpc) is 2.83. The van der Waals surface area contributed by atoms with Crippen LogP contribution in [0, 0.1) is 6.92 Å². The van der Waals surface area contributed by atoms with Crippen molar-refractivity contribution in [2.45, 2.75) is 13.1 Å². The molecule has 0 aliphatic carbocycles. The summed E-state index contributed by atoms with van der Waals surface area (Å²) in [6.07, 6.45) is -1.49. The average molecular weight is 284 g/mol. The van der Waals surface area contributed by atoms with Gasteiger partial charge in [0.15, 0.2) is 5.84 Å². The lowest BCUT2D eigenvalue weighted by Gasteiger charge is -2.13. The van der Waals surface area contributed by atoms with Crippen molar-refractivity contribution in [3.05, 3.63) is 47.3 Å². The van der Waals surface area contributed by atoms with Crippen LogP contribution < -0.4 is 5.73 Å². The van der Waals surface area contributed by atoms with Crippen LogP contribution in [0.3, 0.4) is 0 Å². The van der Waals surface area contributed by atoms with Crippen molar-refractivity contribution in [3.63, 3.8) is 0 Å². The number of oxime groups is 1. The van der Waals surface area contributed by atoms with E-state index in [2.05, 4.69) is 10.3 Å². The molecule has 0 aliphatic heterocycles. The van der Waals surface area contributed by atoms with Crippen LogP contribution in [-0.2, 0) is 6.18 Å². The Morgan fingerprint density at radius 1 is 1.40 bits per heavy atom. The van der Waals surface area contributed by atoms with E-state index in [9.17, 15) is 13.2 Å². The number of nitrogens with zero attached hydrogens (tertiary/aromatic N) is 3. The fourth-order valence-electron chi connectivity index (χ4n) is 1.74. The Bertz CT molecular complexity index is 661. The molecule has 2 aromatic rings. The first-order valence-corrected chi connectivity index (χ1v) is 5.53. The van der Waals surface area contributed by atoms with Crippen LogP contribution in [0.2, 0.25) is 0 Å². The number of benzene rings is 1. The van der Waals surface area contributed by atoms with Crippen molar-refractivity contribution in [3.8, 4) is 5.69 Å². The highest BCUT2D eigenvalue weighted by molar-refractivity contribution is 5.98. The summed E-state index contributed by atoms with van der Waals surface area (Å²) >= 11 is 0. The molecule has 2 rings (SSSR count). The lowest BCUT2D eigenvalue weighted by atomic mass is 10.1. The minimum Gasteiger partial charge on any atom is -0.409 e. The minimum atomic E-state index is -4.62. The first-order valence-electron chi connectivity index (χ1n) is 5.53. The van der Waals surface area contributed by atoms with Crippen LogP contribution in [0.25, 0.3) is 5.69 Å². The van der Waals surface area contributed by atoms with Gasteiger partial charge in [0.2, 0.25) is 0 Å². The smallest absolute Gasteiger partial charge is 0.409 e. The summed E-state index contributed by atoms with van der Waals surface area (Å²) in [5, 5.41) is 15.1. The molecular weight excluding hydrogens is 273 g/mol. The zero-order valence-corrected chi connectivity index (χ0v) is 10.4. The maximum absolute atomic E-state index is 13.0. The molecule has 0 spiro atoms. The molecule has 8 heteroatoms. The van der Waals surface area contributed by atoms with E-state index in [1.54, 1.807) is 13.1 Å². The molecule has 1 heterocycles. The first kappa shape index (κ1) is 13.9. The van der Waals surface area contributed by atoms with Crippen molar-refractivity contribution in [1.82, 2.24) is 9.78 Å². The third kappa shape index (κ3) is 2.58. The molecule has 0 atom stereocenters. The molecule has 3 N–H and O–H groups in total. The van der Waals surface area contributed by atoms with E-state index in [1.807, 2.05) is 0 Å². The number of nitrogens with two attached hydrogens (primary N) is 1. The molecule has 0 bridgehead atoms. The van der Waals surface area contributed by atoms with Gasteiger partial charge >= 0.3 is 6.18 Å². The Morgan fingerprint density at radius 3 is 2.60 bits per heavy atom. The van der Waals surface area contributed by atoms with Crippen LogP contribution in [0.1, 0.15) is 16.7 Å². The second kappa shape index (κ2) is 4.87. The van der Waals surface area contributed by atoms with Crippen LogP contribution in [0.15, 0.2) is 35.7 Å². The standard InChI is InChI=1S/C12H11F3N4O/c1-7-5-17-19(6-7)8-2-3-9(11(16)18-20)10(4-8)12(13,14)15/h2-6,20H,1H3,(H2,16,18). The summed E-state index contributed by atoms with van der Waals surface area (Å²) in [6, 6.07) is 3.46. The Labute approximate surface area is 112 Å². The van der Waals surface area contributed by atoms with Gasteiger partial charge in [0.05, 0.1) is 17.4 Å². The first-order chi connectivity index (χ1) is 9.32. The molecule has 0 saturated heterocycles. The quantitative estimate of drug-likeness (QED) is 0.384. The maximum Gasteiger partial charge on any atom is 0.417 e. The van der Waals surface area contributed by atoms with Crippen molar-refractivity contribution in [2.24, 2.45) is 10.9 Å². The lowest BCUT2D eigenvalue weighted by molar-refractivity contribution is -0.137. The summed E-state index contributed by atoms with van der Waals surface area (Å²) in [5.41, 5.74) is 4.95. The number of amidine groups is 1. The zero-order chi connectivity index (χ0) is 14.9. The van der Waals surface area contributed by atoms with Gasteiger partial charge in [-0.15, -0.1) is 0 Å². The van der Waals surface area contributed by atoms with Gasteiger partial charge < -0.3 is 10.9 Å². The Balaban J connectivity index is 2.60. The normalized spacial score (nSPS) is 12.7. The van der Waals surface area contributed by atoms with Gasteiger partial charge in [-0.1, -0.05) is 5.16 Å². The Morgan fingerprint density at radius 2 is 2.10 bits per heavy atom. The van der Waals surface area contributed by atoms with Gasteiger partial charge in [-0.3, -0.25) is 0 Å². The van der Waals surface area contributed by atoms with Crippen LogP contribution in [0.4, 0.5) is 13.2 Å². The summed E-state index contributed by atoms with van der Waals surface area (Å²) < 4.78 is 40.4. The van der Waals surface area contributed by atoms with Crippen LogP contribution in [-0.4, -0.2) is 20.8 Å². The monoisotopic (exact) mass is 284 g/mol. The van der Waals surface area contributed by atoms with Gasteiger partial charge in [-0.05, 0) is 30.7 Å². The second-order valence-corrected chi connectivity index (χ2v) is 4.18. The van der Waals surface area contributed by atoms with E-state index in [1.165, 1.54) is 16.9 Å². The second-order valence-electron chi connectivity index (χ2n) is 4.18. The Kier molecular flexibility index (Phi) is 3.39. The van der Waals surface area contributed by atoms with Crippen molar-refractivity contribution >= 4 is 5.84 Å². The van der Waals surface area contributed by atoms with E-state index >= 15 is 0 Å². The summed E-state index contributed by atoms with van der Waals surface area (Å²) in [5.74, 6) is -0.597. The molecule has 0 amide bonds. The van der Waals surface area contributed by atoms with E-state index in [-0.39, 0.29) is 11.3 Å². The van der Waals surface area contributed by atoms with E-state index in [4.69, 9.17) is 10.9 Å². The van der Waals surface area contributed by atoms with E-state index in [0.29, 0.717) is 0 Å². The molecule has 0 saturated carbocycles. The molecule has 20 heavy (non-hydrogen) atoms. The highest BCUT2D eigenvalue weighted by Gasteiger charge is 2.34. The fraction of sp³-hybridized carbons (Fsp3) is 0.167. The summed E-state index contributed by atoms with van der Waals surface area (Å²) in [6.45, 7) is 1.78. The molecular formula is C12H11F3N4O. The fourth-order valence-corrected chi connectivity index (χ4v) is 1.74. The minimum absolute atomic E-state index is 0.236. The van der Waals surface area contributed by atoms with Gasteiger partial charge in [0.25, 0.3) is 0 Å². The highest BCUT2D eigenvalue weighted by atomic mass is 19.4. The third-order valence-electron chi connectivity index (χ3n) is 2.67. The number of rotatable bonds is 2. The predicted molar refractivity (Wildman–Crippen MR) is 65.8 cm³/mol. The van der Waals surface area contributed by atoms with Gasteiger partial charge in [0, 0.05) is 11.8 Å². The molecule has 106 valence electrons. The van der Waals surface area contributed by atoms with E-state index < -0.39 is 17.6 Å². The lowest BCUT2D eigenvalue weighted by Crippen LogP contribution is -2.20. The number of halogens is 3. The number of alkyl halides is 3. The molecule has 0 unspecified atom stereocenters. The van der Waals surface area contributed by atoms with Gasteiger partial charge in [0.1, 0.15) is 0 Å². The maximum atomic E-state index is 13.0. The van der Waals surface area contributed by atoms with Crippen molar-refractivity contribution in [2.75, 3.05) is 0 Å². The molecule has 0 radical (unpaired) electrons. The Hall–Kier alpha value is -2.51. The van der Waals surface area contributed by atoms with Gasteiger partial charge in [-0.25, -0.2) is 4.68 Å². The van der Waals surface area contributed by atoms with Crippen LogP contribution >= 0.6 is 0 Å².